The molecule has 0 aliphatic rings. The van der Waals surface area contributed by atoms with E-state index in [4.69, 9.17) is 9.05 Å². The molecule has 1 aromatic heterocycles. The Hall–Kier alpha value is -3.50. The van der Waals surface area contributed by atoms with Crippen LogP contribution in [-0.2, 0) is 13.2 Å². The molecule has 0 saturated heterocycles. The minimum Gasteiger partial charge on any atom is -0.438 e. The number of halogens is 1. The number of para-hydroxylation sites is 2. The monoisotopic (exact) mass is 476 g/mol. The molecule has 174 valence electrons. The Balaban J connectivity index is 1.82. The fourth-order valence-electron chi connectivity index (χ4n) is 3.68. The first-order valence-electron chi connectivity index (χ1n) is 11.0. The smallest absolute Gasteiger partial charge is 0.348 e. The van der Waals surface area contributed by atoms with Gasteiger partial charge < -0.3 is 9.05 Å². The van der Waals surface area contributed by atoms with Gasteiger partial charge in [-0.15, -0.1) is 0 Å². The summed E-state index contributed by atoms with van der Waals surface area (Å²) in [4.78, 5) is 17.1. The molecule has 0 N–H and O–H groups in total. The molecule has 0 aliphatic carbocycles. The molecule has 3 aromatic carbocycles. The molecular formula is C27H26FN2O3P. The number of aromatic nitrogens is 2. The van der Waals surface area contributed by atoms with Crippen molar-refractivity contribution in [2.75, 3.05) is 0 Å². The number of hydrogen-bond acceptors (Lipinski definition) is 4. The van der Waals surface area contributed by atoms with E-state index in [1.54, 1.807) is 19.2 Å². The average molecular weight is 476 g/mol. The van der Waals surface area contributed by atoms with Crippen LogP contribution in [0.5, 0.6) is 11.5 Å². The highest BCUT2D eigenvalue weighted by molar-refractivity contribution is 7.47. The Kier molecular flexibility index (Phi) is 7.39. The van der Waals surface area contributed by atoms with Crippen LogP contribution in [-0.4, -0.2) is 9.55 Å². The SMILES string of the molecule is CC(C)c1nc(=O)n(C)c(-c2ccc(F)cc2)c1CP(Oc1ccccc1)Oc1ccccc1. The number of rotatable bonds is 8. The third kappa shape index (κ3) is 5.52. The lowest BCUT2D eigenvalue weighted by molar-refractivity contribution is 0.487. The van der Waals surface area contributed by atoms with Crippen LogP contribution in [0.2, 0.25) is 0 Å². The molecule has 0 bridgehead atoms. The van der Waals surface area contributed by atoms with Crippen LogP contribution in [0, 0.1) is 5.82 Å². The van der Waals surface area contributed by atoms with Gasteiger partial charge in [0.1, 0.15) is 17.3 Å². The summed E-state index contributed by atoms with van der Waals surface area (Å²) in [6.07, 6.45) is 0.389. The zero-order valence-corrected chi connectivity index (χ0v) is 20.2. The minimum atomic E-state index is -1.49. The van der Waals surface area contributed by atoms with E-state index in [1.165, 1.54) is 16.7 Å². The normalized spacial score (nSPS) is 11.1. The van der Waals surface area contributed by atoms with Crippen molar-refractivity contribution < 1.29 is 13.4 Å². The maximum absolute atomic E-state index is 13.7. The van der Waals surface area contributed by atoms with E-state index in [9.17, 15) is 9.18 Å². The van der Waals surface area contributed by atoms with E-state index in [0.717, 1.165) is 11.1 Å². The zero-order chi connectivity index (χ0) is 24.1. The van der Waals surface area contributed by atoms with Gasteiger partial charge in [-0.05, 0) is 60.0 Å². The largest absolute Gasteiger partial charge is 0.438 e. The zero-order valence-electron chi connectivity index (χ0n) is 19.3. The molecule has 0 amide bonds. The van der Waals surface area contributed by atoms with Crippen LogP contribution in [0.15, 0.2) is 89.7 Å². The summed E-state index contributed by atoms with van der Waals surface area (Å²) < 4.78 is 27.8. The number of benzene rings is 3. The molecule has 1 heterocycles. The van der Waals surface area contributed by atoms with Crippen molar-refractivity contribution >= 4 is 8.38 Å². The Morgan fingerprint density at radius 3 is 1.91 bits per heavy atom. The molecule has 0 fully saturated rings. The second-order valence-corrected chi connectivity index (χ2v) is 9.47. The fourth-order valence-corrected chi connectivity index (χ4v) is 5.13. The van der Waals surface area contributed by atoms with Crippen LogP contribution in [0.4, 0.5) is 4.39 Å². The molecule has 0 atom stereocenters. The summed E-state index contributed by atoms with van der Waals surface area (Å²) in [5.41, 5.74) is 2.59. The van der Waals surface area contributed by atoms with Crippen molar-refractivity contribution in [3.8, 4) is 22.8 Å². The maximum Gasteiger partial charge on any atom is 0.348 e. The average Bonchev–Trinajstić information content (AvgIpc) is 2.83. The molecule has 0 unspecified atom stereocenters. The Morgan fingerprint density at radius 2 is 1.41 bits per heavy atom. The number of hydrogen-bond donors (Lipinski definition) is 0. The standard InChI is InChI=1S/C27H26FN2O3P/c1-19(2)25-24(26(30(3)27(31)29-25)20-14-16-21(28)17-15-20)18-34(32-22-10-6-4-7-11-22)33-23-12-8-5-9-13-23/h4-17,19H,18H2,1-3H3. The van der Waals surface area contributed by atoms with E-state index in [-0.39, 0.29) is 17.4 Å². The van der Waals surface area contributed by atoms with Crippen LogP contribution in [0.25, 0.3) is 11.3 Å². The summed E-state index contributed by atoms with van der Waals surface area (Å²) in [6.45, 7) is 4.00. The van der Waals surface area contributed by atoms with Gasteiger partial charge in [0.25, 0.3) is 8.38 Å². The molecule has 5 nitrogen and oxygen atoms in total. The molecule has 34 heavy (non-hydrogen) atoms. The van der Waals surface area contributed by atoms with E-state index in [0.29, 0.717) is 29.0 Å². The summed E-state index contributed by atoms with van der Waals surface area (Å²) in [5, 5.41) is 0. The van der Waals surface area contributed by atoms with Crippen LogP contribution in [0.3, 0.4) is 0 Å². The third-order valence-corrected chi connectivity index (χ3v) is 6.69. The lowest BCUT2D eigenvalue weighted by Crippen LogP contribution is -2.26. The molecular weight excluding hydrogens is 450 g/mol. The first-order valence-corrected chi connectivity index (χ1v) is 12.4. The molecule has 4 aromatic rings. The third-order valence-electron chi connectivity index (χ3n) is 5.29. The van der Waals surface area contributed by atoms with Gasteiger partial charge in [-0.1, -0.05) is 50.2 Å². The van der Waals surface area contributed by atoms with Crippen LogP contribution in [0.1, 0.15) is 31.0 Å². The van der Waals surface area contributed by atoms with Gasteiger partial charge in [0.05, 0.1) is 17.5 Å². The van der Waals surface area contributed by atoms with Crippen molar-refractivity contribution in [2.45, 2.75) is 25.9 Å². The quantitative estimate of drug-likeness (QED) is 0.266. The predicted octanol–water partition coefficient (Wildman–Crippen LogP) is 6.68. The summed E-state index contributed by atoms with van der Waals surface area (Å²) in [6, 6.07) is 25.1. The van der Waals surface area contributed by atoms with Crippen molar-refractivity contribution in [3.63, 3.8) is 0 Å². The highest BCUT2D eigenvalue weighted by Crippen LogP contribution is 2.46. The first-order chi connectivity index (χ1) is 16.4. The summed E-state index contributed by atoms with van der Waals surface area (Å²) in [7, 11) is 0.186. The van der Waals surface area contributed by atoms with E-state index in [1.807, 2.05) is 74.5 Å². The van der Waals surface area contributed by atoms with Crippen molar-refractivity contribution in [3.05, 3.63) is 112 Å². The molecule has 0 spiro atoms. The first kappa shape index (κ1) is 23.7. The van der Waals surface area contributed by atoms with Gasteiger partial charge in [0, 0.05) is 12.6 Å². The Morgan fingerprint density at radius 1 is 0.882 bits per heavy atom. The van der Waals surface area contributed by atoms with Crippen molar-refractivity contribution in [1.29, 1.82) is 0 Å². The highest BCUT2D eigenvalue weighted by atomic mass is 31.2. The van der Waals surface area contributed by atoms with E-state index >= 15 is 0 Å². The van der Waals surface area contributed by atoms with Crippen molar-refractivity contribution in [2.24, 2.45) is 7.05 Å². The van der Waals surface area contributed by atoms with Gasteiger partial charge in [-0.2, -0.15) is 4.98 Å². The number of nitrogens with zero attached hydrogens (tertiary/aromatic N) is 2. The van der Waals surface area contributed by atoms with Crippen molar-refractivity contribution in [1.82, 2.24) is 9.55 Å². The lowest BCUT2D eigenvalue weighted by Gasteiger charge is -2.23. The van der Waals surface area contributed by atoms with Gasteiger partial charge in [0.15, 0.2) is 0 Å². The maximum atomic E-state index is 13.7. The second-order valence-electron chi connectivity index (χ2n) is 8.13. The molecule has 0 radical (unpaired) electrons. The highest BCUT2D eigenvalue weighted by Gasteiger charge is 2.25. The van der Waals surface area contributed by atoms with E-state index in [2.05, 4.69) is 4.98 Å². The van der Waals surface area contributed by atoms with Gasteiger partial charge >= 0.3 is 5.69 Å². The minimum absolute atomic E-state index is 0.00611. The van der Waals surface area contributed by atoms with Gasteiger partial charge in [-0.3, -0.25) is 4.57 Å². The summed E-state index contributed by atoms with van der Waals surface area (Å²) >= 11 is 0. The Bertz CT molecular complexity index is 1250. The predicted molar refractivity (Wildman–Crippen MR) is 134 cm³/mol. The van der Waals surface area contributed by atoms with Gasteiger partial charge in [-0.25, -0.2) is 9.18 Å². The molecule has 7 heteroatoms. The van der Waals surface area contributed by atoms with E-state index < -0.39 is 8.38 Å². The Labute approximate surface area is 199 Å². The van der Waals surface area contributed by atoms with Gasteiger partial charge in [0.2, 0.25) is 0 Å². The van der Waals surface area contributed by atoms with Crippen LogP contribution < -0.4 is 14.7 Å². The molecule has 4 rings (SSSR count). The lowest BCUT2D eigenvalue weighted by atomic mass is 9.99. The van der Waals surface area contributed by atoms with Crippen LogP contribution >= 0.6 is 8.38 Å². The molecule has 0 saturated carbocycles. The molecule has 0 aliphatic heterocycles. The topological polar surface area (TPSA) is 53.4 Å². The fraction of sp³-hybridized carbons (Fsp3) is 0.185. The summed E-state index contributed by atoms with van der Waals surface area (Å²) in [5.74, 6) is 1.04. The second kappa shape index (κ2) is 10.6.